The molecule has 7 aromatic carbocycles. The fourth-order valence-corrected chi connectivity index (χ4v) is 8.74. The zero-order chi connectivity index (χ0) is 38.6. The summed E-state index contributed by atoms with van der Waals surface area (Å²) in [7, 11) is 0. The van der Waals surface area contributed by atoms with E-state index < -0.39 is 0 Å². The van der Waals surface area contributed by atoms with Crippen LogP contribution >= 0.6 is 0 Å². The largest absolute Gasteiger partial charge is 0.238 e. The minimum Gasteiger partial charge on any atom is -0.238 e. The summed E-state index contributed by atoms with van der Waals surface area (Å²) < 4.78 is 0. The molecule has 0 radical (unpaired) electrons. The lowest BCUT2D eigenvalue weighted by atomic mass is 9.60. The molecule has 0 saturated carbocycles. The SMILES string of the molecule is [C-]#[N+]c1ccc(-c2cccc(-c3nc(-c4ccccc4)nc(-c4ccc(-c5ccc6c(c5)C5c7ccccc7C6c6cc(-c7cccnn7)ccc65)cc4)n3)c2)cc1. The van der Waals surface area contributed by atoms with Gasteiger partial charge in [-0.1, -0.05) is 146 Å². The molecule has 3 aliphatic rings. The number of rotatable bonds is 6. The molecule has 0 saturated heterocycles. The van der Waals surface area contributed by atoms with E-state index in [1.165, 1.54) is 38.9 Å². The number of hydrogen-bond acceptors (Lipinski definition) is 5. The molecule has 270 valence electrons. The molecule has 12 rings (SSSR count). The van der Waals surface area contributed by atoms with Gasteiger partial charge in [0, 0.05) is 40.3 Å². The summed E-state index contributed by atoms with van der Waals surface area (Å²) in [4.78, 5) is 18.6. The van der Waals surface area contributed by atoms with Crippen molar-refractivity contribution in [1.82, 2.24) is 25.1 Å². The Hall–Kier alpha value is -7.88. The maximum Gasteiger partial charge on any atom is 0.187 e. The smallest absolute Gasteiger partial charge is 0.187 e. The predicted molar refractivity (Wildman–Crippen MR) is 229 cm³/mol. The van der Waals surface area contributed by atoms with Crippen molar-refractivity contribution in [3.8, 4) is 67.7 Å². The average molecular weight is 741 g/mol. The molecule has 0 amide bonds. The van der Waals surface area contributed by atoms with Gasteiger partial charge < -0.3 is 0 Å². The molecule has 0 aliphatic heterocycles. The molecule has 0 N–H and O–H groups in total. The standard InChI is InChI=1S/C52H32N6/c1-53-40-24-20-33(21-25-40)36-11-7-12-39(29-36)52-56-50(34-9-3-2-4-10-34)55-51(57-52)35-18-16-32(17-19-35)37-22-26-43-45(30-37)48-41-13-5-6-14-42(41)49(43)46-31-38(23-27-44(46)48)47-15-8-28-54-58-47/h2-31,48-49H. The van der Waals surface area contributed by atoms with Crippen molar-refractivity contribution in [2.24, 2.45) is 0 Å². The topological polar surface area (TPSA) is 68.8 Å². The van der Waals surface area contributed by atoms with Gasteiger partial charge in [-0.3, -0.25) is 0 Å². The first-order chi connectivity index (χ1) is 28.7. The molecule has 3 aliphatic carbocycles. The van der Waals surface area contributed by atoms with Gasteiger partial charge in [0.15, 0.2) is 23.2 Å². The van der Waals surface area contributed by atoms with Crippen molar-refractivity contribution in [1.29, 1.82) is 0 Å². The second-order valence-corrected chi connectivity index (χ2v) is 14.8. The molecule has 58 heavy (non-hydrogen) atoms. The first kappa shape index (κ1) is 33.5. The lowest BCUT2D eigenvalue weighted by Crippen LogP contribution is -2.27. The van der Waals surface area contributed by atoms with Crippen LogP contribution in [0.15, 0.2) is 182 Å². The summed E-state index contributed by atoms with van der Waals surface area (Å²) in [6, 6.07) is 61.2. The molecule has 9 aromatic rings. The molecule has 2 atom stereocenters. The average Bonchev–Trinajstić information content (AvgIpc) is 3.31. The first-order valence-electron chi connectivity index (χ1n) is 19.3. The van der Waals surface area contributed by atoms with Gasteiger partial charge in [0.2, 0.25) is 0 Å². The lowest BCUT2D eigenvalue weighted by molar-refractivity contribution is 0.755. The zero-order valence-corrected chi connectivity index (χ0v) is 31.2. The first-order valence-corrected chi connectivity index (χ1v) is 19.3. The van der Waals surface area contributed by atoms with Gasteiger partial charge in [0.1, 0.15) is 0 Å². The fourth-order valence-electron chi connectivity index (χ4n) is 8.74. The van der Waals surface area contributed by atoms with Gasteiger partial charge in [0.25, 0.3) is 0 Å². The zero-order valence-electron chi connectivity index (χ0n) is 31.2. The maximum atomic E-state index is 7.32. The normalized spacial score (nSPS) is 14.5. The highest BCUT2D eigenvalue weighted by Crippen LogP contribution is 2.56. The van der Waals surface area contributed by atoms with Crippen LogP contribution in [0, 0.1) is 6.57 Å². The van der Waals surface area contributed by atoms with Crippen LogP contribution in [-0.2, 0) is 0 Å². The molecule has 2 unspecified atom stereocenters. The van der Waals surface area contributed by atoms with Crippen molar-refractivity contribution in [3.63, 3.8) is 0 Å². The predicted octanol–water partition coefficient (Wildman–Crippen LogP) is 12.2. The Morgan fingerprint density at radius 2 is 0.845 bits per heavy atom. The molecule has 0 fully saturated rings. The Labute approximate surface area is 336 Å². The number of benzene rings is 7. The monoisotopic (exact) mass is 740 g/mol. The van der Waals surface area contributed by atoms with E-state index in [9.17, 15) is 0 Å². The van der Waals surface area contributed by atoms with Gasteiger partial charge >= 0.3 is 0 Å². The van der Waals surface area contributed by atoms with Crippen molar-refractivity contribution >= 4 is 5.69 Å². The molecule has 2 aromatic heterocycles. The summed E-state index contributed by atoms with van der Waals surface area (Å²) in [6.07, 6.45) is 1.72. The lowest BCUT2D eigenvalue weighted by Gasteiger charge is -2.42. The summed E-state index contributed by atoms with van der Waals surface area (Å²) in [6.45, 7) is 7.32. The third-order valence-corrected chi connectivity index (χ3v) is 11.5. The van der Waals surface area contributed by atoms with E-state index in [2.05, 4.69) is 112 Å². The van der Waals surface area contributed by atoms with Crippen molar-refractivity contribution in [2.75, 3.05) is 0 Å². The highest BCUT2D eigenvalue weighted by atomic mass is 15.1. The Morgan fingerprint density at radius 3 is 1.48 bits per heavy atom. The minimum atomic E-state index is 0.151. The van der Waals surface area contributed by atoms with Gasteiger partial charge in [-0.05, 0) is 86.0 Å². The van der Waals surface area contributed by atoms with Crippen molar-refractivity contribution in [3.05, 3.63) is 227 Å². The van der Waals surface area contributed by atoms with Crippen LogP contribution in [-0.4, -0.2) is 25.1 Å². The molecule has 6 nitrogen and oxygen atoms in total. The van der Waals surface area contributed by atoms with Gasteiger partial charge in [-0.25, -0.2) is 19.8 Å². The summed E-state index contributed by atoms with van der Waals surface area (Å²) in [5.74, 6) is 2.13. The maximum absolute atomic E-state index is 7.32. The van der Waals surface area contributed by atoms with Crippen LogP contribution in [0.2, 0.25) is 0 Å². The second kappa shape index (κ2) is 13.7. The van der Waals surface area contributed by atoms with Gasteiger partial charge in [-0.15, -0.1) is 0 Å². The summed E-state index contributed by atoms with van der Waals surface area (Å²) in [5, 5.41) is 8.54. The van der Waals surface area contributed by atoms with E-state index in [1.807, 2.05) is 78.9 Å². The second-order valence-electron chi connectivity index (χ2n) is 14.8. The molecular weight excluding hydrogens is 709 g/mol. The van der Waals surface area contributed by atoms with Crippen LogP contribution in [0.3, 0.4) is 0 Å². The minimum absolute atomic E-state index is 0.151. The summed E-state index contributed by atoms with van der Waals surface area (Å²) >= 11 is 0. The Morgan fingerprint density at radius 1 is 0.362 bits per heavy atom. The van der Waals surface area contributed by atoms with Crippen LogP contribution in [0.5, 0.6) is 0 Å². The summed E-state index contributed by atoms with van der Waals surface area (Å²) in [5.41, 5.74) is 17.9. The molecule has 2 bridgehead atoms. The van der Waals surface area contributed by atoms with Gasteiger partial charge in [0.05, 0.1) is 12.3 Å². The third kappa shape index (κ3) is 5.68. The van der Waals surface area contributed by atoms with E-state index in [0.29, 0.717) is 23.2 Å². The molecule has 2 heterocycles. The Kier molecular flexibility index (Phi) is 7.90. The number of aromatic nitrogens is 5. The van der Waals surface area contributed by atoms with Gasteiger partial charge in [-0.2, -0.15) is 10.2 Å². The van der Waals surface area contributed by atoms with E-state index in [0.717, 1.165) is 44.6 Å². The van der Waals surface area contributed by atoms with Crippen LogP contribution in [0.1, 0.15) is 45.2 Å². The quantitative estimate of drug-likeness (QED) is 0.159. The number of nitrogens with zero attached hydrogens (tertiary/aromatic N) is 6. The van der Waals surface area contributed by atoms with Crippen LogP contribution in [0.25, 0.3) is 72.5 Å². The molecule has 6 heteroatoms. The van der Waals surface area contributed by atoms with Crippen molar-refractivity contribution in [2.45, 2.75) is 11.8 Å². The number of hydrogen-bond donors (Lipinski definition) is 0. The highest BCUT2D eigenvalue weighted by molar-refractivity contribution is 5.77. The third-order valence-electron chi connectivity index (χ3n) is 11.5. The van der Waals surface area contributed by atoms with Crippen LogP contribution < -0.4 is 0 Å². The van der Waals surface area contributed by atoms with Crippen molar-refractivity contribution < 1.29 is 0 Å². The Balaban J connectivity index is 0.955. The Bertz CT molecular complexity index is 3060. The van der Waals surface area contributed by atoms with E-state index in [1.54, 1.807) is 6.20 Å². The van der Waals surface area contributed by atoms with E-state index in [4.69, 9.17) is 21.5 Å². The van der Waals surface area contributed by atoms with Crippen LogP contribution in [0.4, 0.5) is 5.69 Å². The molecular formula is C52H32N6. The van der Waals surface area contributed by atoms with E-state index >= 15 is 0 Å². The highest BCUT2D eigenvalue weighted by Gasteiger charge is 2.41. The van der Waals surface area contributed by atoms with E-state index in [-0.39, 0.29) is 11.8 Å². The molecule has 0 spiro atoms. The fraction of sp³-hybridized carbons (Fsp3) is 0.0385.